The van der Waals surface area contributed by atoms with E-state index in [0.717, 1.165) is 6.42 Å². The Morgan fingerprint density at radius 1 is 1.20 bits per heavy atom. The van der Waals surface area contributed by atoms with Crippen LogP contribution in [0.5, 0.6) is 5.75 Å². The van der Waals surface area contributed by atoms with Crippen LogP contribution in [0, 0.1) is 10.1 Å². The van der Waals surface area contributed by atoms with Crippen molar-refractivity contribution in [3.63, 3.8) is 0 Å². The lowest BCUT2D eigenvalue weighted by atomic mass is 9.95. The van der Waals surface area contributed by atoms with Gasteiger partial charge in [0, 0.05) is 24.2 Å². The molecule has 1 N–H and O–H groups in total. The summed E-state index contributed by atoms with van der Waals surface area (Å²) < 4.78 is 5.27. The largest absolute Gasteiger partial charge is 0.507 e. The fourth-order valence-electron chi connectivity index (χ4n) is 3.49. The third-order valence-electron chi connectivity index (χ3n) is 5.05. The molecule has 1 unspecified atom stereocenters. The summed E-state index contributed by atoms with van der Waals surface area (Å²) in [6.45, 7) is 2.34. The molecule has 0 aromatic heterocycles. The molecule has 0 aliphatic carbocycles. The smallest absolute Gasteiger partial charge is 0.295 e. The fraction of sp³-hybridized carbons (Fsp3) is 0.273. The van der Waals surface area contributed by atoms with Gasteiger partial charge in [0.1, 0.15) is 11.5 Å². The number of methoxy groups -OCH3 is 1. The van der Waals surface area contributed by atoms with Gasteiger partial charge in [-0.15, -0.1) is 0 Å². The summed E-state index contributed by atoms with van der Waals surface area (Å²) in [5.41, 5.74) is 0.674. The quantitative estimate of drug-likeness (QED) is 0.244. The van der Waals surface area contributed by atoms with Crippen molar-refractivity contribution in [2.75, 3.05) is 13.7 Å². The molecule has 3 rings (SSSR count). The van der Waals surface area contributed by atoms with Gasteiger partial charge in [-0.25, -0.2) is 0 Å². The number of carbonyl (C=O) groups is 2. The maximum absolute atomic E-state index is 12.9. The molecule has 1 heterocycles. The second kappa shape index (κ2) is 8.77. The monoisotopic (exact) mass is 410 g/mol. The van der Waals surface area contributed by atoms with Crippen molar-refractivity contribution in [2.45, 2.75) is 25.8 Å². The van der Waals surface area contributed by atoms with Crippen molar-refractivity contribution >= 4 is 23.1 Å². The zero-order valence-corrected chi connectivity index (χ0v) is 16.7. The van der Waals surface area contributed by atoms with Gasteiger partial charge in [-0.3, -0.25) is 19.7 Å². The molecule has 0 spiro atoms. The first kappa shape index (κ1) is 21.0. The van der Waals surface area contributed by atoms with E-state index in [-0.39, 0.29) is 22.6 Å². The third kappa shape index (κ3) is 3.89. The van der Waals surface area contributed by atoms with Gasteiger partial charge >= 0.3 is 0 Å². The predicted octanol–water partition coefficient (Wildman–Crippen LogP) is 3.83. The Morgan fingerprint density at radius 3 is 2.50 bits per heavy atom. The zero-order valence-electron chi connectivity index (χ0n) is 16.7. The van der Waals surface area contributed by atoms with E-state index in [1.807, 2.05) is 6.92 Å². The van der Waals surface area contributed by atoms with Crippen LogP contribution in [0.1, 0.15) is 36.9 Å². The van der Waals surface area contributed by atoms with Crippen molar-refractivity contribution in [3.05, 3.63) is 75.3 Å². The minimum atomic E-state index is -0.783. The number of carbonyl (C=O) groups excluding carboxylic acids is 2. The summed E-state index contributed by atoms with van der Waals surface area (Å²) in [6, 6.07) is 11.4. The van der Waals surface area contributed by atoms with E-state index in [4.69, 9.17) is 4.74 Å². The maximum atomic E-state index is 12.9. The van der Waals surface area contributed by atoms with Crippen molar-refractivity contribution in [1.29, 1.82) is 0 Å². The second-order valence-corrected chi connectivity index (χ2v) is 6.93. The first-order chi connectivity index (χ1) is 14.4. The number of nitro groups is 1. The summed E-state index contributed by atoms with van der Waals surface area (Å²) in [5, 5.41) is 21.8. The summed E-state index contributed by atoms with van der Waals surface area (Å²) in [6.07, 6.45) is 1.53. The molecular formula is C22H22N2O6. The van der Waals surface area contributed by atoms with Gasteiger partial charge < -0.3 is 14.7 Å². The summed E-state index contributed by atoms with van der Waals surface area (Å²) in [4.78, 5) is 37.4. The number of hydrogen-bond acceptors (Lipinski definition) is 6. The summed E-state index contributed by atoms with van der Waals surface area (Å²) in [5.74, 6) is -1.27. The van der Waals surface area contributed by atoms with Gasteiger partial charge in [-0.2, -0.15) is 0 Å². The van der Waals surface area contributed by atoms with Crippen LogP contribution in [0.2, 0.25) is 0 Å². The molecule has 0 saturated carbocycles. The minimum Gasteiger partial charge on any atom is -0.507 e. The molecule has 1 fully saturated rings. The molecule has 0 radical (unpaired) electrons. The first-order valence-electron chi connectivity index (χ1n) is 9.56. The summed E-state index contributed by atoms with van der Waals surface area (Å²) in [7, 11) is 1.52. The van der Waals surface area contributed by atoms with Crippen molar-refractivity contribution in [2.24, 2.45) is 0 Å². The van der Waals surface area contributed by atoms with Gasteiger partial charge in [-0.1, -0.05) is 25.5 Å². The highest BCUT2D eigenvalue weighted by Crippen LogP contribution is 2.40. The average Bonchev–Trinajstić information content (AvgIpc) is 3.02. The second-order valence-electron chi connectivity index (χ2n) is 6.93. The highest BCUT2D eigenvalue weighted by molar-refractivity contribution is 6.46. The molecule has 1 atom stereocenters. The molecule has 1 aliphatic heterocycles. The van der Waals surface area contributed by atoms with E-state index in [1.165, 1.54) is 36.3 Å². The van der Waals surface area contributed by atoms with Crippen molar-refractivity contribution < 1.29 is 24.4 Å². The SMILES string of the molecule is CCCCN1C(=O)C(=O)/C(=C(\O)c2ccc([N+](=O)[O-])cc2)C1c1cccc(OC)c1. The highest BCUT2D eigenvalue weighted by Gasteiger charge is 2.45. The van der Waals surface area contributed by atoms with Crippen LogP contribution in [0.25, 0.3) is 5.76 Å². The Hall–Kier alpha value is -3.68. The van der Waals surface area contributed by atoms with Crippen LogP contribution in [-0.4, -0.2) is 40.3 Å². The van der Waals surface area contributed by atoms with Gasteiger partial charge in [0.05, 0.1) is 23.6 Å². The van der Waals surface area contributed by atoms with Gasteiger partial charge in [-0.05, 0) is 36.2 Å². The van der Waals surface area contributed by atoms with Crippen LogP contribution in [0.3, 0.4) is 0 Å². The van der Waals surface area contributed by atoms with Crippen molar-refractivity contribution in [1.82, 2.24) is 4.90 Å². The van der Waals surface area contributed by atoms with Crippen molar-refractivity contribution in [3.8, 4) is 5.75 Å². The van der Waals surface area contributed by atoms with Crippen LogP contribution in [0.4, 0.5) is 5.69 Å². The number of rotatable bonds is 7. The molecule has 30 heavy (non-hydrogen) atoms. The van der Waals surface area contributed by atoms with E-state index in [0.29, 0.717) is 24.3 Å². The number of ketones is 1. The number of hydrogen-bond donors (Lipinski definition) is 1. The molecule has 2 aromatic rings. The molecule has 1 saturated heterocycles. The molecule has 8 heteroatoms. The van der Waals surface area contributed by atoms with E-state index in [1.54, 1.807) is 24.3 Å². The van der Waals surface area contributed by atoms with Gasteiger partial charge in [0.15, 0.2) is 0 Å². The number of aliphatic hydroxyl groups is 1. The Morgan fingerprint density at radius 2 is 1.90 bits per heavy atom. The molecule has 156 valence electrons. The topological polar surface area (TPSA) is 110 Å². The predicted molar refractivity (Wildman–Crippen MR) is 110 cm³/mol. The van der Waals surface area contributed by atoms with Crippen LogP contribution >= 0.6 is 0 Å². The third-order valence-corrected chi connectivity index (χ3v) is 5.05. The van der Waals surface area contributed by atoms with Crippen LogP contribution in [0.15, 0.2) is 54.1 Å². The van der Waals surface area contributed by atoms with Crippen LogP contribution in [-0.2, 0) is 9.59 Å². The fourth-order valence-corrected chi connectivity index (χ4v) is 3.49. The zero-order chi connectivity index (χ0) is 21.8. The first-order valence-corrected chi connectivity index (χ1v) is 9.56. The Kier molecular flexibility index (Phi) is 6.15. The molecule has 0 bridgehead atoms. The van der Waals surface area contributed by atoms with Crippen LogP contribution < -0.4 is 4.74 Å². The Bertz CT molecular complexity index is 1010. The van der Waals surface area contributed by atoms with E-state index >= 15 is 0 Å². The number of likely N-dealkylation sites (tertiary alicyclic amines) is 1. The number of aliphatic hydroxyl groups excluding tert-OH is 1. The molecular weight excluding hydrogens is 388 g/mol. The van der Waals surface area contributed by atoms with E-state index in [2.05, 4.69) is 0 Å². The average molecular weight is 410 g/mol. The van der Waals surface area contributed by atoms with E-state index < -0.39 is 22.7 Å². The normalized spacial score (nSPS) is 17.9. The van der Waals surface area contributed by atoms with Gasteiger partial charge in [0.25, 0.3) is 17.4 Å². The number of non-ortho nitro benzene ring substituents is 1. The maximum Gasteiger partial charge on any atom is 0.295 e. The molecule has 1 aliphatic rings. The lowest BCUT2D eigenvalue weighted by molar-refractivity contribution is -0.384. The minimum absolute atomic E-state index is 0.0433. The van der Waals surface area contributed by atoms with Gasteiger partial charge in [0.2, 0.25) is 0 Å². The number of benzene rings is 2. The number of unbranched alkanes of at least 4 members (excludes halogenated alkanes) is 1. The molecule has 1 amide bonds. The number of nitrogens with zero attached hydrogens (tertiary/aromatic N) is 2. The molecule has 2 aromatic carbocycles. The summed E-state index contributed by atoms with van der Waals surface area (Å²) >= 11 is 0. The van der Waals surface area contributed by atoms with E-state index in [9.17, 15) is 24.8 Å². The highest BCUT2D eigenvalue weighted by atomic mass is 16.6. The Labute approximate surface area is 173 Å². The molecule has 8 nitrogen and oxygen atoms in total. The lowest BCUT2D eigenvalue weighted by Crippen LogP contribution is -2.30. The Balaban J connectivity index is 2.15. The lowest BCUT2D eigenvalue weighted by Gasteiger charge is -2.25. The standard InChI is InChI=1S/C22H22N2O6/c1-3-4-12-23-19(15-6-5-7-17(13-15)30-2)18(21(26)22(23)27)20(25)14-8-10-16(11-9-14)24(28)29/h5-11,13,19,25H,3-4,12H2,1-2H3/b20-18-. The number of amides is 1. The number of Topliss-reactive ketones (excluding diaryl/α,β-unsaturated/α-hetero) is 1. The number of nitro benzene ring substituents is 1. The number of ether oxygens (including phenoxy) is 1.